The lowest BCUT2D eigenvalue weighted by Gasteiger charge is -2.14. The average molecular weight is 348 g/mol. The van der Waals surface area contributed by atoms with Crippen LogP contribution in [0.5, 0.6) is 0 Å². The number of hydrogen-bond donors (Lipinski definition) is 0. The zero-order valence-corrected chi connectivity index (χ0v) is 13.4. The van der Waals surface area contributed by atoms with Crippen LogP contribution in [0, 0.1) is 0 Å². The van der Waals surface area contributed by atoms with Crippen LogP contribution in [0.25, 0.3) is 11.5 Å². The van der Waals surface area contributed by atoms with E-state index in [1.54, 1.807) is 18.3 Å². The Labute approximate surface area is 142 Å². The van der Waals surface area contributed by atoms with E-state index in [0.29, 0.717) is 30.5 Å². The molecule has 0 fully saturated rings. The molecular formula is C17H15F3N4O. The highest BCUT2D eigenvalue weighted by atomic mass is 19.4. The molecule has 3 aromatic rings. The lowest BCUT2D eigenvalue weighted by Crippen LogP contribution is -2.17. The van der Waals surface area contributed by atoms with Gasteiger partial charge in [0.25, 0.3) is 0 Å². The second kappa shape index (κ2) is 7.02. The molecule has 0 aliphatic carbocycles. The van der Waals surface area contributed by atoms with Gasteiger partial charge in [0.2, 0.25) is 11.7 Å². The first kappa shape index (κ1) is 17.1. The van der Waals surface area contributed by atoms with Gasteiger partial charge in [-0.3, -0.25) is 9.88 Å². The molecule has 0 radical (unpaired) electrons. The van der Waals surface area contributed by atoms with Gasteiger partial charge in [-0.05, 0) is 36.9 Å². The molecule has 1 aromatic carbocycles. The van der Waals surface area contributed by atoms with Crippen LogP contribution in [0.15, 0.2) is 53.2 Å². The van der Waals surface area contributed by atoms with Crippen molar-refractivity contribution < 1.29 is 17.7 Å². The highest BCUT2D eigenvalue weighted by molar-refractivity contribution is 5.46. The molecule has 0 unspecified atom stereocenters. The van der Waals surface area contributed by atoms with E-state index in [1.165, 1.54) is 12.1 Å². The lowest BCUT2D eigenvalue weighted by atomic mass is 10.1. The molecular weight excluding hydrogens is 333 g/mol. The second-order valence-electron chi connectivity index (χ2n) is 5.59. The first-order chi connectivity index (χ1) is 11.9. The Kier molecular flexibility index (Phi) is 4.80. The Morgan fingerprint density at radius 3 is 2.44 bits per heavy atom. The van der Waals surface area contributed by atoms with Crippen LogP contribution in [-0.2, 0) is 19.3 Å². The lowest BCUT2D eigenvalue weighted by molar-refractivity contribution is -0.137. The largest absolute Gasteiger partial charge is 0.416 e. The maximum absolute atomic E-state index is 12.6. The van der Waals surface area contributed by atoms with Crippen molar-refractivity contribution in [2.24, 2.45) is 0 Å². The summed E-state index contributed by atoms with van der Waals surface area (Å²) in [5.41, 5.74) is 0.721. The molecule has 8 heteroatoms. The van der Waals surface area contributed by atoms with E-state index in [4.69, 9.17) is 4.52 Å². The van der Waals surface area contributed by atoms with Crippen molar-refractivity contribution >= 4 is 0 Å². The van der Waals surface area contributed by atoms with Gasteiger partial charge < -0.3 is 4.52 Å². The molecule has 0 bridgehead atoms. The van der Waals surface area contributed by atoms with Gasteiger partial charge >= 0.3 is 6.18 Å². The fourth-order valence-corrected chi connectivity index (χ4v) is 2.32. The summed E-state index contributed by atoms with van der Waals surface area (Å²) < 4.78 is 42.9. The van der Waals surface area contributed by atoms with Crippen molar-refractivity contribution in [2.45, 2.75) is 19.3 Å². The van der Waals surface area contributed by atoms with E-state index in [2.05, 4.69) is 15.1 Å². The summed E-state index contributed by atoms with van der Waals surface area (Å²) in [5.74, 6) is 0.814. The molecule has 0 aliphatic rings. The number of nitrogens with zero attached hydrogens (tertiary/aromatic N) is 4. The molecule has 0 saturated carbocycles. The van der Waals surface area contributed by atoms with E-state index in [1.807, 2.05) is 18.0 Å². The van der Waals surface area contributed by atoms with Gasteiger partial charge in [-0.2, -0.15) is 18.2 Å². The first-order valence-electron chi connectivity index (χ1n) is 7.50. The number of halogens is 3. The average Bonchev–Trinajstić information content (AvgIpc) is 3.03. The Morgan fingerprint density at radius 2 is 1.80 bits per heavy atom. The van der Waals surface area contributed by atoms with Crippen molar-refractivity contribution in [3.05, 3.63) is 65.7 Å². The summed E-state index contributed by atoms with van der Waals surface area (Å²) in [6, 6.07) is 10.5. The van der Waals surface area contributed by atoms with Crippen molar-refractivity contribution in [1.29, 1.82) is 0 Å². The molecule has 5 nitrogen and oxygen atoms in total. The van der Waals surface area contributed by atoms with Gasteiger partial charge in [0.15, 0.2) is 0 Å². The third-order valence-corrected chi connectivity index (χ3v) is 3.50. The summed E-state index contributed by atoms with van der Waals surface area (Å²) in [7, 11) is 1.82. The fourth-order valence-electron chi connectivity index (χ4n) is 2.32. The fraction of sp³-hybridized carbons (Fsp3) is 0.235. The smallest absolute Gasteiger partial charge is 0.337 e. The third-order valence-electron chi connectivity index (χ3n) is 3.50. The summed E-state index contributed by atoms with van der Waals surface area (Å²) in [6.45, 7) is 0.834. The second-order valence-corrected chi connectivity index (χ2v) is 5.59. The highest BCUT2D eigenvalue weighted by Crippen LogP contribution is 2.29. The van der Waals surface area contributed by atoms with Crippen LogP contribution in [0.1, 0.15) is 17.0 Å². The van der Waals surface area contributed by atoms with Crippen LogP contribution in [0.4, 0.5) is 13.2 Å². The van der Waals surface area contributed by atoms with Gasteiger partial charge in [-0.1, -0.05) is 23.4 Å². The number of hydrogen-bond acceptors (Lipinski definition) is 5. The van der Waals surface area contributed by atoms with Crippen molar-refractivity contribution in [3.8, 4) is 11.5 Å². The minimum absolute atomic E-state index is 0.376. The molecule has 2 heterocycles. The normalized spacial score (nSPS) is 11.9. The Morgan fingerprint density at radius 1 is 1.04 bits per heavy atom. The minimum atomic E-state index is -4.32. The standard InChI is InChI=1S/C17H15F3N4O/c1-24(10-12-5-7-13(8-6-12)17(18,19)20)11-15-22-16(23-25-15)14-4-2-3-9-21-14/h2-9H,10-11H2,1H3. The number of benzene rings is 1. The summed E-state index contributed by atoms with van der Waals surface area (Å²) in [4.78, 5) is 10.3. The van der Waals surface area contributed by atoms with Gasteiger partial charge in [0, 0.05) is 12.7 Å². The SMILES string of the molecule is CN(Cc1ccc(C(F)(F)F)cc1)Cc1nc(-c2ccccn2)no1. The van der Waals surface area contributed by atoms with E-state index in [9.17, 15) is 13.2 Å². The first-order valence-corrected chi connectivity index (χ1v) is 7.50. The van der Waals surface area contributed by atoms with Crippen molar-refractivity contribution in [1.82, 2.24) is 20.0 Å². The maximum Gasteiger partial charge on any atom is 0.416 e. The van der Waals surface area contributed by atoms with Crippen molar-refractivity contribution in [3.63, 3.8) is 0 Å². The molecule has 0 atom stereocenters. The molecule has 0 aliphatic heterocycles. The maximum atomic E-state index is 12.6. The molecule has 130 valence electrons. The Hall–Kier alpha value is -2.74. The molecule has 0 amide bonds. The zero-order valence-electron chi connectivity index (χ0n) is 13.4. The van der Waals surface area contributed by atoms with E-state index in [0.717, 1.165) is 17.7 Å². The zero-order chi connectivity index (χ0) is 17.9. The third kappa shape index (κ3) is 4.42. The molecule has 0 saturated heterocycles. The molecule has 0 N–H and O–H groups in total. The van der Waals surface area contributed by atoms with Crippen LogP contribution in [0.2, 0.25) is 0 Å². The topological polar surface area (TPSA) is 55.1 Å². The Bertz CT molecular complexity index is 816. The summed E-state index contributed by atoms with van der Waals surface area (Å²) in [5, 5.41) is 3.88. The van der Waals surface area contributed by atoms with Gasteiger partial charge in [0.1, 0.15) is 5.69 Å². The summed E-state index contributed by atoms with van der Waals surface area (Å²) >= 11 is 0. The van der Waals surface area contributed by atoms with Gasteiger partial charge in [0.05, 0.1) is 12.1 Å². The van der Waals surface area contributed by atoms with Crippen LogP contribution < -0.4 is 0 Å². The molecule has 0 spiro atoms. The number of pyridine rings is 1. The number of alkyl halides is 3. The van der Waals surface area contributed by atoms with E-state index >= 15 is 0 Å². The monoisotopic (exact) mass is 348 g/mol. The van der Waals surface area contributed by atoms with Gasteiger partial charge in [-0.25, -0.2) is 0 Å². The van der Waals surface area contributed by atoms with Crippen LogP contribution >= 0.6 is 0 Å². The highest BCUT2D eigenvalue weighted by Gasteiger charge is 2.29. The van der Waals surface area contributed by atoms with Crippen LogP contribution in [-0.4, -0.2) is 27.1 Å². The molecule has 2 aromatic heterocycles. The predicted molar refractivity (Wildman–Crippen MR) is 84.1 cm³/mol. The number of rotatable bonds is 5. The predicted octanol–water partition coefficient (Wildman–Crippen LogP) is 3.78. The quantitative estimate of drug-likeness (QED) is 0.702. The van der Waals surface area contributed by atoms with Crippen LogP contribution in [0.3, 0.4) is 0 Å². The molecule has 25 heavy (non-hydrogen) atoms. The van der Waals surface area contributed by atoms with Gasteiger partial charge in [-0.15, -0.1) is 0 Å². The van der Waals surface area contributed by atoms with E-state index in [-0.39, 0.29) is 0 Å². The summed E-state index contributed by atoms with van der Waals surface area (Å²) in [6.07, 6.45) is -2.68. The number of aromatic nitrogens is 3. The van der Waals surface area contributed by atoms with Crippen molar-refractivity contribution in [2.75, 3.05) is 7.05 Å². The Balaban J connectivity index is 1.61. The van der Waals surface area contributed by atoms with E-state index < -0.39 is 11.7 Å². The minimum Gasteiger partial charge on any atom is -0.337 e. The molecule has 3 rings (SSSR count).